The quantitative estimate of drug-likeness (QED) is 0.806. The van der Waals surface area contributed by atoms with Gasteiger partial charge in [-0.1, -0.05) is 36.4 Å². The van der Waals surface area contributed by atoms with E-state index in [-0.39, 0.29) is 23.3 Å². The molecule has 28 heavy (non-hydrogen) atoms. The van der Waals surface area contributed by atoms with E-state index in [0.717, 1.165) is 12.0 Å². The number of nitrogens with zero attached hydrogens (tertiary/aromatic N) is 1. The lowest BCUT2D eigenvalue weighted by Crippen LogP contribution is -2.41. The average molecular weight is 380 g/mol. The van der Waals surface area contributed by atoms with Crippen molar-refractivity contribution >= 4 is 23.5 Å². The van der Waals surface area contributed by atoms with Crippen LogP contribution in [0.15, 0.2) is 54.6 Å². The highest BCUT2D eigenvalue weighted by Gasteiger charge is 2.27. The molecule has 1 saturated heterocycles. The number of hydrogen-bond acceptors (Lipinski definition) is 3. The Morgan fingerprint density at radius 3 is 2.39 bits per heavy atom. The number of rotatable bonds is 6. The van der Waals surface area contributed by atoms with Gasteiger partial charge in [0.25, 0.3) is 0 Å². The van der Waals surface area contributed by atoms with Crippen LogP contribution in [-0.4, -0.2) is 40.9 Å². The summed E-state index contributed by atoms with van der Waals surface area (Å²) >= 11 is 0. The molecule has 0 atom stereocenters. The van der Waals surface area contributed by atoms with Gasteiger partial charge in [0.05, 0.1) is 5.56 Å². The molecule has 146 valence electrons. The summed E-state index contributed by atoms with van der Waals surface area (Å²) in [4.78, 5) is 37.7. The van der Waals surface area contributed by atoms with Gasteiger partial charge in [-0.15, -0.1) is 0 Å². The Labute approximate surface area is 164 Å². The van der Waals surface area contributed by atoms with Gasteiger partial charge in [-0.3, -0.25) is 9.59 Å². The largest absolute Gasteiger partial charge is 0.478 e. The fourth-order valence-electron chi connectivity index (χ4n) is 3.42. The SMILES string of the molecule is O=C(O)c1cccc(NC(=O)C2CCN(C(=O)CCc3ccccc3)CC2)c1. The summed E-state index contributed by atoms with van der Waals surface area (Å²) in [5.74, 6) is -1.21. The van der Waals surface area contributed by atoms with Crippen molar-refractivity contribution in [1.29, 1.82) is 0 Å². The molecule has 0 saturated carbocycles. The minimum absolute atomic E-state index is 0.122. The molecule has 6 nitrogen and oxygen atoms in total. The van der Waals surface area contributed by atoms with E-state index in [1.165, 1.54) is 12.1 Å². The summed E-state index contributed by atoms with van der Waals surface area (Å²) in [6, 6.07) is 16.1. The van der Waals surface area contributed by atoms with E-state index in [0.29, 0.717) is 38.0 Å². The van der Waals surface area contributed by atoms with Gasteiger partial charge in [-0.2, -0.15) is 0 Å². The van der Waals surface area contributed by atoms with E-state index in [9.17, 15) is 14.4 Å². The monoisotopic (exact) mass is 380 g/mol. The molecule has 0 bridgehead atoms. The Balaban J connectivity index is 1.46. The van der Waals surface area contributed by atoms with Crippen LogP contribution in [0, 0.1) is 5.92 Å². The molecule has 6 heteroatoms. The number of hydrogen-bond donors (Lipinski definition) is 2. The van der Waals surface area contributed by atoms with Crippen molar-refractivity contribution in [2.75, 3.05) is 18.4 Å². The number of aryl methyl sites for hydroxylation is 1. The number of carbonyl (C=O) groups excluding carboxylic acids is 2. The second kappa shape index (κ2) is 9.17. The first-order valence-electron chi connectivity index (χ1n) is 9.49. The van der Waals surface area contributed by atoms with Gasteiger partial charge < -0.3 is 15.3 Å². The standard InChI is InChI=1S/C22H24N2O4/c25-20(10-9-16-5-2-1-3-6-16)24-13-11-17(12-14-24)21(26)23-19-8-4-7-18(15-19)22(27)28/h1-8,15,17H,9-14H2,(H,23,26)(H,27,28). The summed E-state index contributed by atoms with van der Waals surface area (Å²) in [5.41, 5.74) is 1.76. The minimum Gasteiger partial charge on any atom is -0.478 e. The van der Waals surface area contributed by atoms with Crippen LogP contribution in [0.1, 0.15) is 35.2 Å². The molecule has 0 radical (unpaired) electrons. The third-order valence-electron chi connectivity index (χ3n) is 5.07. The lowest BCUT2D eigenvalue weighted by molar-refractivity contribution is -0.134. The van der Waals surface area contributed by atoms with Crippen LogP contribution < -0.4 is 5.32 Å². The van der Waals surface area contributed by atoms with Crippen LogP contribution in [0.5, 0.6) is 0 Å². The maximum Gasteiger partial charge on any atom is 0.335 e. The number of anilines is 1. The smallest absolute Gasteiger partial charge is 0.335 e. The molecular weight excluding hydrogens is 356 g/mol. The second-order valence-electron chi connectivity index (χ2n) is 7.02. The lowest BCUT2D eigenvalue weighted by atomic mass is 9.95. The summed E-state index contributed by atoms with van der Waals surface area (Å²) in [7, 11) is 0. The van der Waals surface area contributed by atoms with E-state index in [4.69, 9.17) is 5.11 Å². The van der Waals surface area contributed by atoms with E-state index < -0.39 is 5.97 Å². The zero-order valence-corrected chi connectivity index (χ0v) is 15.6. The summed E-state index contributed by atoms with van der Waals surface area (Å²) in [5, 5.41) is 11.8. The van der Waals surface area contributed by atoms with E-state index in [1.54, 1.807) is 12.1 Å². The highest BCUT2D eigenvalue weighted by atomic mass is 16.4. The van der Waals surface area contributed by atoms with Crippen LogP contribution in [0.25, 0.3) is 0 Å². The molecular formula is C22H24N2O4. The predicted octanol–water partition coefficient (Wildman–Crippen LogP) is 3.19. The fourth-order valence-corrected chi connectivity index (χ4v) is 3.42. The van der Waals surface area contributed by atoms with Gasteiger partial charge in [0, 0.05) is 31.1 Å². The Morgan fingerprint density at radius 2 is 1.71 bits per heavy atom. The molecule has 0 aromatic heterocycles. The molecule has 3 rings (SSSR count). The number of nitrogens with one attached hydrogen (secondary N) is 1. The average Bonchev–Trinajstić information content (AvgIpc) is 2.73. The number of carboxylic acids is 1. The second-order valence-corrected chi connectivity index (χ2v) is 7.02. The number of benzene rings is 2. The zero-order chi connectivity index (χ0) is 19.9. The zero-order valence-electron chi connectivity index (χ0n) is 15.6. The van der Waals surface area contributed by atoms with Crippen LogP contribution >= 0.6 is 0 Å². The third kappa shape index (κ3) is 5.19. The first-order valence-corrected chi connectivity index (χ1v) is 9.49. The predicted molar refractivity (Wildman–Crippen MR) is 106 cm³/mol. The van der Waals surface area contributed by atoms with Crippen LogP contribution in [0.4, 0.5) is 5.69 Å². The van der Waals surface area contributed by atoms with Crippen molar-refractivity contribution in [2.24, 2.45) is 5.92 Å². The van der Waals surface area contributed by atoms with Crippen molar-refractivity contribution in [3.8, 4) is 0 Å². The molecule has 0 spiro atoms. The van der Waals surface area contributed by atoms with Crippen molar-refractivity contribution in [3.05, 3.63) is 65.7 Å². The maximum absolute atomic E-state index is 12.5. The fraction of sp³-hybridized carbons (Fsp3) is 0.318. The third-order valence-corrected chi connectivity index (χ3v) is 5.07. The number of piperidine rings is 1. The van der Waals surface area contributed by atoms with E-state index in [1.807, 2.05) is 35.2 Å². The van der Waals surface area contributed by atoms with Crippen LogP contribution in [0.2, 0.25) is 0 Å². The van der Waals surface area contributed by atoms with Crippen molar-refractivity contribution < 1.29 is 19.5 Å². The molecule has 2 aromatic rings. The molecule has 0 unspecified atom stereocenters. The molecule has 1 fully saturated rings. The van der Waals surface area contributed by atoms with Gasteiger partial charge in [0.15, 0.2) is 0 Å². The molecule has 0 aliphatic carbocycles. The van der Waals surface area contributed by atoms with Gasteiger partial charge in [0.2, 0.25) is 11.8 Å². The Hall–Kier alpha value is -3.15. The van der Waals surface area contributed by atoms with Gasteiger partial charge in [-0.05, 0) is 43.0 Å². The van der Waals surface area contributed by atoms with Crippen molar-refractivity contribution in [2.45, 2.75) is 25.7 Å². The first kappa shape index (κ1) is 19.6. The molecule has 1 aliphatic heterocycles. The highest BCUT2D eigenvalue weighted by molar-refractivity contribution is 5.95. The number of likely N-dealkylation sites (tertiary alicyclic amines) is 1. The van der Waals surface area contributed by atoms with E-state index >= 15 is 0 Å². The Kier molecular flexibility index (Phi) is 6.42. The molecule has 1 heterocycles. The molecule has 2 amide bonds. The minimum atomic E-state index is -1.03. The maximum atomic E-state index is 12.5. The van der Waals surface area contributed by atoms with Gasteiger partial charge >= 0.3 is 5.97 Å². The Morgan fingerprint density at radius 1 is 1.00 bits per heavy atom. The van der Waals surface area contributed by atoms with Crippen molar-refractivity contribution in [3.63, 3.8) is 0 Å². The molecule has 2 aromatic carbocycles. The summed E-state index contributed by atoms with van der Waals surface area (Å²) < 4.78 is 0. The number of carbonyl (C=O) groups is 3. The first-order chi connectivity index (χ1) is 13.5. The molecule has 2 N–H and O–H groups in total. The van der Waals surface area contributed by atoms with Crippen molar-refractivity contribution in [1.82, 2.24) is 4.90 Å². The molecule has 1 aliphatic rings. The topological polar surface area (TPSA) is 86.7 Å². The summed E-state index contributed by atoms with van der Waals surface area (Å²) in [6.07, 6.45) is 2.42. The number of amides is 2. The van der Waals surface area contributed by atoms with Gasteiger partial charge in [0.1, 0.15) is 0 Å². The lowest BCUT2D eigenvalue weighted by Gasteiger charge is -2.31. The highest BCUT2D eigenvalue weighted by Crippen LogP contribution is 2.21. The number of aromatic carboxylic acids is 1. The Bertz CT molecular complexity index is 843. The van der Waals surface area contributed by atoms with Gasteiger partial charge in [-0.25, -0.2) is 4.79 Å². The number of carboxylic acid groups (broad SMARTS) is 1. The van der Waals surface area contributed by atoms with E-state index in [2.05, 4.69) is 5.32 Å². The van der Waals surface area contributed by atoms with Crippen LogP contribution in [-0.2, 0) is 16.0 Å². The summed E-state index contributed by atoms with van der Waals surface area (Å²) in [6.45, 7) is 1.14. The normalized spacial score (nSPS) is 14.5. The van der Waals surface area contributed by atoms with Crippen LogP contribution in [0.3, 0.4) is 0 Å².